The van der Waals surface area contributed by atoms with Gasteiger partial charge in [0.2, 0.25) is 0 Å². The van der Waals surface area contributed by atoms with Gasteiger partial charge in [-0.1, -0.05) is 20.3 Å². The third-order valence-corrected chi connectivity index (χ3v) is 3.98. The second kappa shape index (κ2) is 4.74. The minimum atomic E-state index is -0.708. The highest BCUT2D eigenvalue weighted by Crippen LogP contribution is 2.37. The van der Waals surface area contributed by atoms with Gasteiger partial charge in [-0.2, -0.15) is 0 Å². The molecule has 0 saturated heterocycles. The van der Waals surface area contributed by atoms with Crippen molar-refractivity contribution < 1.29 is 9.90 Å². The van der Waals surface area contributed by atoms with Crippen molar-refractivity contribution in [3.05, 3.63) is 0 Å². The normalized spacial score (nSPS) is 24.6. The van der Waals surface area contributed by atoms with Crippen molar-refractivity contribution >= 4 is 5.97 Å². The Bertz CT molecular complexity index is 259. The van der Waals surface area contributed by atoms with Gasteiger partial charge in [-0.25, -0.2) is 0 Å². The van der Waals surface area contributed by atoms with Crippen LogP contribution in [0.2, 0.25) is 0 Å². The maximum Gasteiger partial charge on any atom is 0.309 e. The van der Waals surface area contributed by atoms with E-state index in [0.29, 0.717) is 17.9 Å². The Morgan fingerprint density at radius 3 is 2.56 bits per heavy atom. The van der Waals surface area contributed by atoms with Crippen LogP contribution in [0.3, 0.4) is 0 Å². The van der Waals surface area contributed by atoms with Crippen LogP contribution >= 0.6 is 0 Å². The van der Waals surface area contributed by atoms with Gasteiger partial charge in [0.05, 0.1) is 5.41 Å². The highest BCUT2D eigenvalue weighted by Gasteiger charge is 2.34. The average Bonchev–Trinajstić information content (AvgIpc) is 2.45. The lowest BCUT2D eigenvalue weighted by Gasteiger charge is -2.29. The number of aliphatic carboxylic acids is 1. The molecule has 0 bridgehead atoms. The lowest BCUT2D eigenvalue weighted by molar-refractivity contribution is -0.147. The number of carbonyl (C=O) groups is 1. The van der Waals surface area contributed by atoms with E-state index in [1.807, 2.05) is 0 Å². The topological polar surface area (TPSA) is 49.3 Å². The van der Waals surface area contributed by atoms with Gasteiger partial charge < -0.3 is 10.4 Å². The maximum absolute atomic E-state index is 10.9. The van der Waals surface area contributed by atoms with Crippen LogP contribution in [-0.2, 0) is 4.79 Å². The molecule has 1 aliphatic rings. The molecular formula is C13H25NO2. The fourth-order valence-corrected chi connectivity index (χ4v) is 2.37. The predicted molar refractivity (Wildman–Crippen MR) is 65.5 cm³/mol. The third kappa shape index (κ3) is 3.21. The van der Waals surface area contributed by atoms with Gasteiger partial charge in [-0.3, -0.25) is 4.79 Å². The van der Waals surface area contributed by atoms with Crippen molar-refractivity contribution in [2.45, 2.75) is 59.4 Å². The maximum atomic E-state index is 10.9. The molecule has 1 rings (SSSR count). The molecule has 2 N–H and O–H groups in total. The molecule has 3 nitrogen and oxygen atoms in total. The van der Waals surface area contributed by atoms with Gasteiger partial charge in [-0.15, -0.1) is 0 Å². The van der Waals surface area contributed by atoms with Crippen LogP contribution in [0.5, 0.6) is 0 Å². The van der Waals surface area contributed by atoms with E-state index in [9.17, 15) is 4.79 Å². The molecule has 0 amide bonds. The fourth-order valence-electron chi connectivity index (χ4n) is 2.37. The van der Waals surface area contributed by atoms with Crippen LogP contribution in [0.25, 0.3) is 0 Å². The molecule has 0 spiro atoms. The summed E-state index contributed by atoms with van der Waals surface area (Å²) in [4.78, 5) is 10.9. The van der Waals surface area contributed by atoms with E-state index in [-0.39, 0.29) is 0 Å². The summed E-state index contributed by atoms with van der Waals surface area (Å²) < 4.78 is 0. The van der Waals surface area contributed by atoms with Crippen molar-refractivity contribution in [3.8, 4) is 0 Å². The van der Waals surface area contributed by atoms with Crippen molar-refractivity contribution in [2.75, 3.05) is 6.54 Å². The molecule has 0 aromatic heterocycles. The van der Waals surface area contributed by atoms with Gasteiger partial charge in [-0.05, 0) is 45.1 Å². The standard InChI is InChI=1S/C13H25NO2/c1-12(2)7-5-6-10(12)14-9-8-13(3,4)11(15)16/h10,14H,5-9H2,1-4H3,(H,15,16). The van der Waals surface area contributed by atoms with Crippen molar-refractivity contribution in [3.63, 3.8) is 0 Å². The first-order valence-electron chi connectivity index (χ1n) is 6.22. The highest BCUT2D eigenvalue weighted by molar-refractivity contribution is 5.73. The molecule has 1 unspecified atom stereocenters. The first kappa shape index (κ1) is 13.5. The highest BCUT2D eigenvalue weighted by atomic mass is 16.4. The number of carboxylic acids is 1. The van der Waals surface area contributed by atoms with Crippen molar-refractivity contribution in [1.82, 2.24) is 5.32 Å². The lowest BCUT2D eigenvalue weighted by atomic mass is 9.86. The predicted octanol–water partition coefficient (Wildman–Crippen LogP) is 2.66. The van der Waals surface area contributed by atoms with E-state index in [1.54, 1.807) is 13.8 Å². The SMILES string of the molecule is CC(C)(CCNC1CCCC1(C)C)C(=O)O. The van der Waals surface area contributed by atoms with Gasteiger partial charge in [0, 0.05) is 6.04 Å². The number of hydrogen-bond donors (Lipinski definition) is 2. The summed E-state index contributed by atoms with van der Waals surface area (Å²) in [5, 5.41) is 12.5. The van der Waals surface area contributed by atoms with E-state index in [4.69, 9.17) is 5.11 Å². The molecule has 1 atom stereocenters. The van der Waals surface area contributed by atoms with Crippen LogP contribution in [0.15, 0.2) is 0 Å². The molecule has 1 fully saturated rings. The van der Waals surface area contributed by atoms with Crippen molar-refractivity contribution in [1.29, 1.82) is 0 Å². The monoisotopic (exact) mass is 227 g/mol. The fraction of sp³-hybridized carbons (Fsp3) is 0.923. The number of nitrogens with one attached hydrogen (secondary N) is 1. The number of hydrogen-bond acceptors (Lipinski definition) is 2. The van der Waals surface area contributed by atoms with Crippen LogP contribution in [0.1, 0.15) is 53.4 Å². The minimum Gasteiger partial charge on any atom is -0.481 e. The molecule has 1 saturated carbocycles. The van der Waals surface area contributed by atoms with E-state index in [2.05, 4.69) is 19.2 Å². The molecule has 0 aromatic rings. The number of carboxylic acid groups (broad SMARTS) is 1. The minimum absolute atomic E-state index is 0.368. The third-order valence-electron chi connectivity index (χ3n) is 3.98. The number of rotatable bonds is 5. The summed E-state index contributed by atoms with van der Waals surface area (Å²) in [6, 6.07) is 0.553. The molecule has 0 aromatic carbocycles. The molecule has 16 heavy (non-hydrogen) atoms. The molecule has 0 aliphatic heterocycles. The summed E-state index contributed by atoms with van der Waals surface area (Å²) >= 11 is 0. The summed E-state index contributed by atoms with van der Waals surface area (Å²) in [7, 11) is 0. The average molecular weight is 227 g/mol. The molecule has 0 heterocycles. The first-order valence-corrected chi connectivity index (χ1v) is 6.22. The Hall–Kier alpha value is -0.570. The Morgan fingerprint density at radius 1 is 1.50 bits per heavy atom. The zero-order valence-corrected chi connectivity index (χ0v) is 11.0. The Kier molecular flexibility index (Phi) is 4.00. The van der Waals surface area contributed by atoms with Crippen LogP contribution in [-0.4, -0.2) is 23.7 Å². The van der Waals surface area contributed by atoms with Gasteiger partial charge >= 0.3 is 5.97 Å². The Labute approximate surface area is 98.6 Å². The second-order valence-corrected chi connectivity index (χ2v) is 6.33. The quantitative estimate of drug-likeness (QED) is 0.759. The molecule has 3 heteroatoms. The summed E-state index contributed by atoms with van der Waals surface area (Å²) in [6.45, 7) is 8.96. The lowest BCUT2D eigenvalue weighted by Crippen LogP contribution is -2.40. The Morgan fingerprint density at radius 2 is 2.12 bits per heavy atom. The summed E-state index contributed by atoms with van der Waals surface area (Å²) in [5.41, 5.74) is -0.247. The summed E-state index contributed by atoms with van der Waals surface area (Å²) in [5.74, 6) is -0.708. The zero-order chi connectivity index (χ0) is 12.4. The first-order chi connectivity index (χ1) is 7.26. The molecule has 94 valence electrons. The second-order valence-electron chi connectivity index (χ2n) is 6.33. The van der Waals surface area contributed by atoms with Crippen LogP contribution in [0, 0.1) is 10.8 Å². The molecular weight excluding hydrogens is 202 g/mol. The Balaban J connectivity index is 2.34. The van der Waals surface area contributed by atoms with E-state index in [0.717, 1.165) is 6.54 Å². The van der Waals surface area contributed by atoms with Crippen LogP contribution in [0.4, 0.5) is 0 Å². The van der Waals surface area contributed by atoms with Gasteiger partial charge in [0.25, 0.3) is 0 Å². The van der Waals surface area contributed by atoms with E-state index < -0.39 is 11.4 Å². The van der Waals surface area contributed by atoms with Crippen LogP contribution < -0.4 is 5.32 Å². The zero-order valence-electron chi connectivity index (χ0n) is 11.0. The van der Waals surface area contributed by atoms with E-state index >= 15 is 0 Å². The smallest absolute Gasteiger partial charge is 0.309 e. The molecule has 0 radical (unpaired) electrons. The molecule has 1 aliphatic carbocycles. The van der Waals surface area contributed by atoms with E-state index in [1.165, 1.54) is 19.3 Å². The van der Waals surface area contributed by atoms with Crippen molar-refractivity contribution in [2.24, 2.45) is 10.8 Å². The van der Waals surface area contributed by atoms with Gasteiger partial charge in [0.1, 0.15) is 0 Å². The van der Waals surface area contributed by atoms with Gasteiger partial charge in [0.15, 0.2) is 0 Å². The summed E-state index contributed by atoms with van der Waals surface area (Å²) in [6.07, 6.45) is 4.47. The largest absolute Gasteiger partial charge is 0.481 e.